The molecule has 1 saturated heterocycles. The van der Waals surface area contributed by atoms with E-state index in [2.05, 4.69) is 52.2 Å². The molecule has 27 heavy (non-hydrogen) atoms. The van der Waals surface area contributed by atoms with Crippen molar-refractivity contribution in [1.82, 2.24) is 20.2 Å². The molecule has 7 heteroatoms. The van der Waals surface area contributed by atoms with Crippen LogP contribution in [0.2, 0.25) is 0 Å². The number of nitrogens with one attached hydrogen (secondary N) is 1. The molecule has 1 aliphatic rings. The summed E-state index contributed by atoms with van der Waals surface area (Å²) in [6.07, 6.45) is 3.71. The van der Waals surface area contributed by atoms with Gasteiger partial charge >= 0.3 is 0 Å². The first-order chi connectivity index (χ1) is 13.1. The third-order valence-corrected chi connectivity index (χ3v) is 4.82. The van der Waals surface area contributed by atoms with E-state index in [-0.39, 0.29) is 0 Å². The van der Waals surface area contributed by atoms with Gasteiger partial charge in [-0.25, -0.2) is 4.98 Å². The molecule has 0 amide bonds. The summed E-state index contributed by atoms with van der Waals surface area (Å²) >= 11 is 0. The van der Waals surface area contributed by atoms with Crippen LogP contribution in [0.15, 0.2) is 36.7 Å². The summed E-state index contributed by atoms with van der Waals surface area (Å²) in [5, 5.41) is 11.5. The fourth-order valence-corrected chi connectivity index (χ4v) is 3.22. The van der Waals surface area contributed by atoms with E-state index < -0.39 is 0 Å². The van der Waals surface area contributed by atoms with Crippen LogP contribution in [-0.2, 0) is 4.74 Å². The van der Waals surface area contributed by atoms with Gasteiger partial charge in [-0.3, -0.25) is 4.98 Å². The maximum absolute atomic E-state index is 5.53. The second-order valence-electron chi connectivity index (χ2n) is 7.20. The zero-order valence-corrected chi connectivity index (χ0v) is 15.9. The summed E-state index contributed by atoms with van der Waals surface area (Å²) in [6.45, 7) is 8.77. The molecule has 140 valence electrons. The SMILES string of the molecule is CC(C)c1cnnc(Nc2ccc3ncc(N4CCOCC4C)cc3n2)c1. The molecule has 7 nitrogen and oxygen atoms in total. The molecular weight excluding hydrogens is 340 g/mol. The molecule has 0 radical (unpaired) electrons. The van der Waals surface area contributed by atoms with Gasteiger partial charge in [-0.1, -0.05) is 13.8 Å². The number of anilines is 3. The van der Waals surface area contributed by atoms with E-state index >= 15 is 0 Å². The summed E-state index contributed by atoms with van der Waals surface area (Å²) in [6, 6.07) is 8.31. The normalized spacial score (nSPS) is 17.5. The van der Waals surface area contributed by atoms with E-state index in [1.807, 2.05) is 24.4 Å². The van der Waals surface area contributed by atoms with Crippen LogP contribution >= 0.6 is 0 Å². The molecule has 1 unspecified atom stereocenters. The molecular formula is C20H24N6O. The van der Waals surface area contributed by atoms with E-state index in [0.717, 1.165) is 47.9 Å². The molecule has 3 aromatic rings. The lowest BCUT2D eigenvalue weighted by atomic mass is 10.1. The van der Waals surface area contributed by atoms with E-state index in [4.69, 9.17) is 9.72 Å². The van der Waals surface area contributed by atoms with Crippen LogP contribution in [0.5, 0.6) is 0 Å². The Morgan fingerprint density at radius 2 is 2.04 bits per heavy atom. The second-order valence-corrected chi connectivity index (χ2v) is 7.20. The summed E-state index contributed by atoms with van der Waals surface area (Å²) in [4.78, 5) is 11.6. The molecule has 3 aromatic heterocycles. The van der Waals surface area contributed by atoms with Gasteiger partial charge in [0.15, 0.2) is 5.82 Å². The second kappa shape index (κ2) is 7.44. The van der Waals surface area contributed by atoms with Gasteiger partial charge in [-0.2, -0.15) is 5.10 Å². The van der Waals surface area contributed by atoms with Gasteiger partial charge in [-0.05, 0) is 42.7 Å². The van der Waals surface area contributed by atoms with Crippen LogP contribution in [0.3, 0.4) is 0 Å². The highest BCUT2D eigenvalue weighted by Gasteiger charge is 2.19. The minimum Gasteiger partial charge on any atom is -0.377 e. The zero-order valence-electron chi connectivity index (χ0n) is 15.9. The Morgan fingerprint density at radius 3 is 2.85 bits per heavy atom. The van der Waals surface area contributed by atoms with Crippen molar-refractivity contribution in [2.45, 2.75) is 32.7 Å². The Kier molecular flexibility index (Phi) is 4.85. The highest BCUT2D eigenvalue weighted by molar-refractivity contribution is 5.80. The summed E-state index contributed by atoms with van der Waals surface area (Å²) in [5.74, 6) is 1.82. The lowest BCUT2D eigenvalue weighted by Gasteiger charge is -2.35. The van der Waals surface area contributed by atoms with E-state index in [1.54, 1.807) is 6.20 Å². The average Bonchev–Trinajstić information content (AvgIpc) is 2.68. The van der Waals surface area contributed by atoms with E-state index in [1.165, 1.54) is 0 Å². The van der Waals surface area contributed by atoms with E-state index in [0.29, 0.717) is 17.8 Å². The van der Waals surface area contributed by atoms with Crippen molar-refractivity contribution in [2.75, 3.05) is 30.0 Å². The zero-order chi connectivity index (χ0) is 18.8. The number of morpholine rings is 1. The van der Waals surface area contributed by atoms with Gasteiger partial charge in [0, 0.05) is 12.6 Å². The Morgan fingerprint density at radius 1 is 1.15 bits per heavy atom. The van der Waals surface area contributed by atoms with Crippen molar-refractivity contribution < 1.29 is 4.74 Å². The third-order valence-electron chi connectivity index (χ3n) is 4.82. The van der Waals surface area contributed by atoms with Gasteiger partial charge < -0.3 is 15.0 Å². The minimum atomic E-state index is 0.327. The molecule has 0 spiro atoms. The number of aromatic nitrogens is 4. The standard InChI is InChI=1S/C20H24N6O/c1-13(2)15-8-20(25-22-10-15)24-19-5-4-17-18(23-19)9-16(11-21-17)26-6-7-27-12-14(26)3/h4-5,8-11,13-14H,6-7,12H2,1-3H3,(H,23,24,25). The molecule has 1 atom stereocenters. The van der Waals surface area contributed by atoms with Gasteiger partial charge in [0.25, 0.3) is 0 Å². The van der Waals surface area contributed by atoms with Crippen molar-refractivity contribution in [3.8, 4) is 0 Å². The molecule has 1 fully saturated rings. The first-order valence-corrected chi connectivity index (χ1v) is 9.31. The first-order valence-electron chi connectivity index (χ1n) is 9.31. The van der Waals surface area contributed by atoms with Crippen LogP contribution in [0.1, 0.15) is 32.3 Å². The fraction of sp³-hybridized carbons (Fsp3) is 0.400. The quantitative estimate of drug-likeness (QED) is 0.759. The molecule has 4 rings (SSSR count). The van der Waals surface area contributed by atoms with Crippen LogP contribution in [-0.4, -0.2) is 46.0 Å². The Labute approximate surface area is 158 Å². The first kappa shape index (κ1) is 17.6. The van der Waals surface area contributed by atoms with E-state index in [9.17, 15) is 0 Å². The highest BCUT2D eigenvalue weighted by atomic mass is 16.5. The summed E-state index contributed by atoms with van der Waals surface area (Å²) in [7, 11) is 0. The third kappa shape index (κ3) is 3.83. The Hall–Kier alpha value is -2.80. The van der Waals surface area contributed by atoms with Crippen molar-refractivity contribution >= 4 is 28.4 Å². The van der Waals surface area contributed by atoms with Crippen LogP contribution in [0.4, 0.5) is 17.3 Å². The van der Waals surface area contributed by atoms with Crippen LogP contribution in [0, 0.1) is 0 Å². The van der Waals surface area contributed by atoms with Crippen LogP contribution < -0.4 is 10.2 Å². The number of rotatable bonds is 4. The maximum Gasteiger partial charge on any atom is 0.154 e. The number of ether oxygens (including phenoxy) is 1. The van der Waals surface area contributed by atoms with Gasteiger partial charge in [0.1, 0.15) is 5.82 Å². The van der Waals surface area contributed by atoms with Gasteiger partial charge in [-0.15, -0.1) is 5.10 Å². The van der Waals surface area contributed by atoms with Crippen molar-refractivity contribution in [2.24, 2.45) is 0 Å². The lowest BCUT2D eigenvalue weighted by Crippen LogP contribution is -2.43. The smallest absolute Gasteiger partial charge is 0.154 e. The lowest BCUT2D eigenvalue weighted by molar-refractivity contribution is 0.0989. The predicted molar refractivity (Wildman–Crippen MR) is 107 cm³/mol. The Balaban J connectivity index is 1.62. The molecule has 0 aromatic carbocycles. The molecule has 1 N–H and O–H groups in total. The van der Waals surface area contributed by atoms with Crippen molar-refractivity contribution in [3.63, 3.8) is 0 Å². The van der Waals surface area contributed by atoms with Crippen LogP contribution in [0.25, 0.3) is 11.0 Å². The Bertz CT molecular complexity index is 945. The number of pyridine rings is 2. The average molecular weight is 364 g/mol. The largest absolute Gasteiger partial charge is 0.377 e. The van der Waals surface area contributed by atoms with Crippen molar-refractivity contribution in [3.05, 3.63) is 42.2 Å². The van der Waals surface area contributed by atoms with Crippen molar-refractivity contribution in [1.29, 1.82) is 0 Å². The van der Waals surface area contributed by atoms with Gasteiger partial charge in [0.2, 0.25) is 0 Å². The van der Waals surface area contributed by atoms with Gasteiger partial charge in [0.05, 0.1) is 42.3 Å². The fourth-order valence-electron chi connectivity index (χ4n) is 3.22. The monoisotopic (exact) mass is 364 g/mol. The number of hydrogen-bond acceptors (Lipinski definition) is 7. The summed E-state index contributed by atoms with van der Waals surface area (Å²) in [5.41, 5.74) is 3.93. The number of hydrogen-bond donors (Lipinski definition) is 1. The predicted octanol–water partition coefficient (Wildman–Crippen LogP) is 3.51. The maximum atomic E-state index is 5.53. The molecule has 0 aliphatic carbocycles. The number of fused-ring (bicyclic) bond motifs is 1. The topological polar surface area (TPSA) is 76.1 Å². The summed E-state index contributed by atoms with van der Waals surface area (Å²) < 4.78 is 5.53. The molecule has 4 heterocycles. The molecule has 1 aliphatic heterocycles. The minimum absolute atomic E-state index is 0.327. The number of nitrogens with zero attached hydrogens (tertiary/aromatic N) is 5. The highest BCUT2D eigenvalue weighted by Crippen LogP contribution is 2.24. The molecule has 0 bridgehead atoms. The molecule has 0 saturated carbocycles.